The zero-order chi connectivity index (χ0) is 15.4. The summed E-state index contributed by atoms with van der Waals surface area (Å²) in [5, 5.41) is 0. The number of fused-ring (bicyclic) bond motifs is 2. The first-order chi connectivity index (χ1) is 10.6. The molecular formula is C18H23NO3. The second-order valence-corrected chi connectivity index (χ2v) is 6.76. The molecule has 0 radical (unpaired) electrons. The zero-order valence-corrected chi connectivity index (χ0v) is 13.4. The molecule has 2 spiro atoms. The van der Waals surface area contributed by atoms with Crippen LogP contribution in [0, 0.1) is 0 Å². The number of benzene rings is 1. The van der Waals surface area contributed by atoms with Crippen molar-refractivity contribution < 1.29 is 14.3 Å². The van der Waals surface area contributed by atoms with E-state index in [2.05, 4.69) is 25.1 Å². The van der Waals surface area contributed by atoms with Crippen molar-refractivity contribution in [1.29, 1.82) is 0 Å². The highest BCUT2D eigenvalue weighted by atomic mass is 16.7. The van der Waals surface area contributed by atoms with Crippen LogP contribution >= 0.6 is 0 Å². The summed E-state index contributed by atoms with van der Waals surface area (Å²) in [4.78, 5) is 14.8. The van der Waals surface area contributed by atoms with Crippen LogP contribution in [-0.4, -0.2) is 32.0 Å². The highest BCUT2D eigenvalue weighted by molar-refractivity contribution is 6.07. The van der Waals surface area contributed by atoms with Gasteiger partial charge in [0.2, 0.25) is 5.91 Å². The molecule has 0 bridgehead atoms. The lowest BCUT2D eigenvalue weighted by atomic mass is 9.68. The molecule has 1 saturated heterocycles. The first kappa shape index (κ1) is 14.2. The summed E-state index contributed by atoms with van der Waals surface area (Å²) in [6, 6.07) is 6.48. The van der Waals surface area contributed by atoms with Crippen molar-refractivity contribution in [2.45, 2.75) is 50.2 Å². The van der Waals surface area contributed by atoms with Crippen molar-refractivity contribution in [3.8, 4) is 0 Å². The van der Waals surface area contributed by atoms with E-state index in [4.69, 9.17) is 9.47 Å². The molecule has 2 heterocycles. The third-order valence-electron chi connectivity index (χ3n) is 5.74. The van der Waals surface area contributed by atoms with Crippen LogP contribution in [0.25, 0.3) is 0 Å². The molecule has 2 aliphatic heterocycles. The highest BCUT2D eigenvalue weighted by Gasteiger charge is 2.55. The summed E-state index contributed by atoms with van der Waals surface area (Å²) in [5.74, 6) is -0.182. The van der Waals surface area contributed by atoms with Gasteiger partial charge in [-0.1, -0.05) is 19.1 Å². The second kappa shape index (κ2) is 4.80. The van der Waals surface area contributed by atoms with E-state index >= 15 is 0 Å². The SMILES string of the molecule is CCc1ccc2c(c1)C1(CCC3(CC1)OCCO3)C(=O)N2C. The lowest BCUT2D eigenvalue weighted by Gasteiger charge is -2.40. The Bertz CT molecular complexity index is 609. The van der Waals surface area contributed by atoms with Crippen molar-refractivity contribution >= 4 is 11.6 Å². The fourth-order valence-electron chi connectivity index (χ4n) is 4.35. The molecule has 3 aliphatic rings. The molecular weight excluding hydrogens is 278 g/mol. The minimum atomic E-state index is -0.421. The Kier molecular flexibility index (Phi) is 3.10. The molecule has 4 rings (SSSR count). The molecule has 2 fully saturated rings. The topological polar surface area (TPSA) is 38.8 Å². The van der Waals surface area contributed by atoms with Crippen LogP contribution in [0.5, 0.6) is 0 Å². The number of carbonyl (C=O) groups is 1. The van der Waals surface area contributed by atoms with E-state index in [1.807, 2.05) is 11.9 Å². The monoisotopic (exact) mass is 301 g/mol. The van der Waals surface area contributed by atoms with Gasteiger partial charge >= 0.3 is 0 Å². The van der Waals surface area contributed by atoms with E-state index < -0.39 is 5.79 Å². The minimum Gasteiger partial charge on any atom is -0.348 e. The van der Waals surface area contributed by atoms with Crippen LogP contribution in [0.3, 0.4) is 0 Å². The molecule has 1 aromatic carbocycles. The normalized spacial score (nSPS) is 25.2. The lowest BCUT2D eigenvalue weighted by Crippen LogP contribution is -2.47. The molecule has 0 aromatic heterocycles. The predicted molar refractivity (Wildman–Crippen MR) is 84.0 cm³/mol. The molecule has 4 nitrogen and oxygen atoms in total. The van der Waals surface area contributed by atoms with Crippen LogP contribution in [0.4, 0.5) is 5.69 Å². The Labute approximate surface area is 131 Å². The first-order valence-corrected chi connectivity index (χ1v) is 8.30. The maximum atomic E-state index is 13.0. The van der Waals surface area contributed by atoms with Crippen molar-refractivity contribution in [3.63, 3.8) is 0 Å². The summed E-state index contributed by atoms with van der Waals surface area (Å²) in [7, 11) is 1.90. The second-order valence-electron chi connectivity index (χ2n) is 6.76. The van der Waals surface area contributed by atoms with Gasteiger partial charge in [0.05, 0.1) is 18.6 Å². The zero-order valence-electron chi connectivity index (χ0n) is 13.4. The summed E-state index contributed by atoms with van der Waals surface area (Å²) >= 11 is 0. The smallest absolute Gasteiger partial charge is 0.237 e. The van der Waals surface area contributed by atoms with Gasteiger partial charge in [-0.05, 0) is 36.5 Å². The van der Waals surface area contributed by atoms with E-state index in [1.165, 1.54) is 11.1 Å². The number of ether oxygens (including phenoxy) is 2. The first-order valence-electron chi connectivity index (χ1n) is 8.30. The number of hydrogen-bond donors (Lipinski definition) is 0. The fraction of sp³-hybridized carbons (Fsp3) is 0.611. The van der Waals surface area contributed by atoms with E-state index in [-0.39, 0.29) is 11.3 Å². The van der Waals surface area contributed by atoms with Crippen LogP contribution in [0.2, 0.25) is 0 Å². The largest absolute Gasteiger partial charge is 0.348 e. The highest BCUT2D eigenvalue weighted by Crippen LogP contribution is 2.53. The minimum absolute atomic E-state index is 0.239. The Hall–Kier alpha value is -1.39. The van der Waals surface area contributed by atoms with Gasteiger partial charge in [-0.15, -0.1) is 0 Å². The molecule has 0 atom stereocenters. The maximum absolute atomic E-state index is 13.0. The predicted octanol–water partition coefficient (Wildman–Crippen LogP) is 2.78. The molecule has 0 unspecified atom stereocenters. The standard InChI is InChI=1S/C18H23NO3/c1-3-13-4-5-15-14(12-13)17(16(20)19(15)2)6-8-18(9-7-17)21-10-11-22-18/h4-5,12H,3,6-11H2,1-2H3. The van der Waals surface area contributed by atoms with Crippen molar-refractivity contribution in [2.24, 2.45) is 0 Å². The maximum Gasteiger partial charge on any atom is 0.237 e. The molecule has 1 aliphatic carbocycles. The van der Waals surface area contributed by atoms with Gasteiger partial charge < -0.3 is 14.4 Å². The van der Waals surface area contributed by atoms with Gasteiger partial charge in [0.25, 0.3) is 0 Å². The third kappa shape index (κ3) is 1.80. The van der Waals surface area contributed by atoms with E-state index in [0.717, 1.165) is 37.8 Å². The molecule has 4 heteroatoms. The van der Waals surface area contributed by atoms with Crippen LogP contribution in [0.15, 0.2) is 18.2 Å². The quantitative estimate of drug-likeness (QED) is 0.800. The number of nitrogens with zero attached hydrogens (tertiary/aromatic N) is 1. The number of aryl methyl sites for hydroxylation is 1. The van der Waals surface area contributed by atoms with E-state index in [0.29, 0.717) is 13.2 Å². The van der Waals surface area contributed by atoms with Gasteiger partial charge in [-0.2, -0.15) is 0 Å². The van der Waals surface area contributed by atoms with Gasteiger partial charge in [-0.25, -0.2) is 0 Å². The average Bonchev–Trinajstić information content (AvgIpc) is 3.09. The fourth-order valence-corrected chi connectivity index (χ4v) is 4.35. The van der Waals surface area contributed by atoms with Crippen molar-refractivity contribution in [1.82, 2.24) is 0 Å². The Morgan fingerprint density at radius 3 is 2.45 bits per heavy atom. The average molecular weight is 301 g/mol. The Morgan fingerprint density at radius 1 is 1.14 bits per heavy atom. The van der Waals surface area contributed by atoms with Crippen molar-refractivity contribution in [2.75, 3.05) is 25.2 Å². The number of rotatable bonds is 1. The number of amides is 1. The number of likely N-dealkylation sites (N-methyl/N-ethyl adjacent to an activating group) is 1. The van der Waals surface area contributed by atoms with Gasteiger partial charge in [0.15, 0.2) is 5.79 Å². The van der Waals surface area contributed by atoms with E-state index in [1.54, 1.807) is 0 Å². The molecule has 1 saturated carbocycles. The van der Waals surface area contributed by atoms with Gasteiger partial charge in [0, 0.05) is 25.6 Å². The Balaban J connectivity index is 1.72. The summed E-state index contributed by atoms with van der Waals surface area (Å²) < 4.78 is 11.7. The molecule has 118 valence electrons. The Morgan fingerprint density at radius 2 is 1.82 bits per heavy atom. The van der Waals surface area contributed by atoms with Crippen LogP contribution in [-0.2, 0) is 26.1 Å². The van der Waals surface area contributed by atoms with Crippen molar-refractivity contribution in [3.05, 3.63) is 29.3 Å². The lowest BCUT2D eigenvalue weighted by molar-refractivity contribution is -0.185. The molecule has 22 heavy (non-hydrogen) atoms. The number of anilines is 1. The van der Waals surface area contributed by atoms with Gasteiger partial charge in [0.1, 0.15) is 0 Å². The summed E-state index contributed by atoms with van der Waals surface area (Å²) in [5.41, 5.74) is 3.23. The number of carbonyl (C=O) groups excluding carboxylic acids is 1. The summed E-state index contributed by atoms with van der Waals surface area (Å²) in [6.07, 6.45) is 4.24. The molecule has 0 N–H and O–H groups in total. The summed E-state index contributed by atoms with van der Waals surface area (Å²) in [6.45, 7) is 3.51. The van der Waals surface area contributed by atoms with Crippen LogP contribution in [0.1, 0.15) is 43.7 Å². The molecule has 1 amide bonds. The molecule has 1 aromatic rings. The van der Waals surface area contributed by atoms with E-state index in [9.17, 15) is 4.79 Å². The van der Waals surface area contributed by atoms with Crippen LogP contribution < -0.4 is 4.90 Å². The van der Waals surface area contributed by atoms with Gasteiger partial charge in [-0.3, -0.25) is 4.79 Å². The third-order valence-corrected chi connectivity index (χ3v) is 5.74. The number of hydrogen-bond acceptors (Lipinski definition) is 3.